The number of carbonyl (C=O) groups excluding carboxylic acids is 2. The van der Waals surface area contributed by atoms with Crippen molar-refractivity contribution in [1.29, 1.82) is 0 Å². The zero-order valence-corrected chi connectivity index (χ0v) is 20.1. The number of halogens is 1. The number of rotatable bonds is 6. The van der Waals surface area contributed by atoms with Gasteiger partial charge in [-0.2, -0.15) is 5.10 Å². The van der Waals surface area contributed by atoms with E-state index in [0.717, 1.165) is 39.0 Å². The lowest BCUT2D eigenvalue weighted by Gasteiger charge is -2.43. The fraction of sp³-hybridized carbons (Fsp3) is 0.542. The predicted octanol–water partition coefficient (Wildman–Crippen LogP) is 2.54. The molecule has 0 N–H and O–H groups in total. The summed E-state index contributed by atoms with van der Waals surface area (Å²) in [5.41, 5.74) is 0.0851. The van der Waals surface area contributed by atoms with Crippen molar-refractivity contribution in [2.45, 2.75) is 19.3 Å². The summed E-state index contributed by atoms with van der Waals surface area (Å²) in [5, 5.41) is 4.74. The molecule has 2 aliphatic heterocycles. The van der Waals surface area contributed by atoms with E-state index in [2.05, 4.69) is 17.0 Å². The van der Waals surface area contributed by atoms with Gasteiger partial charge in [0.2, 0.25) is 5.91 Å². The number of nitrogens with zero attached hydrogens (tertiary/aromatic N) is 5. The Bertz CT molecular complexity index is 988. The highest BCUT2D eigenvalue weighted by Gasteiger charge is 2.41. The second-order valence-corrected chi connectivity index (χ2v) is 9.71. The number of aromatic nitrogens is 2. The Labute approximate surface area is 200 Å². The molecular formula is C24H32ClN5O3. The molecule has 178 valence electrons. The van der Waals surface area contributed by atoms with Gasteiger partial charge in [-0.25, -0.2) is 0 Å². The molecular weight excluding hydrogens is 442 g/mol. The Morgan fingerprint density at radius 3 is 2.58 bits per heavy atom. The maximum atomic E-state index is 13.3. The highest BCUT2D eigenvalue weighted by Crippen LogP contribution is 2.36. The highest BCUT2D eigenvalue weighted by atomic mass is 35.5. The van der Waals surface area contributed by atoms with Gasteiger partial charge in [-0.3, -0.25) is 14.3 Å². The van der Waals surface area contributed by atoms with Crippen molar-refractivity contribution >= 4 is 23.4 Å². The van der Waals surface area contributed by atoms with Crippen molar-refractivity contribution in [3.8, 4) is 5.75 Å². The van der Waals surface area contributed by atoms with Gasteiger partial charge in [-0.05, 0) is 44.2 Å². The molecule has 33 heavy (non-hydrogen) atoms. The van der Waals surface area contributed by atoms with Crippen LogP contribution in [0.5, 0.6) is 5.75 Å². The summed E-state index contributed by atoms with van der Waals surface area (Å²) < 4.78 is 7.75. The first-order chi connectivity index (χ1) is 15.8. The van der Waals surface area contributed by atoms with E-state index >= 15 is 0 Å². The first kappa shape index (κ1) is 23.6. The summed E-state index contributed by atoms with van der Waals surface area (Å²) in [6, 6.07) is 9.02. The van der Waals surface area contributed by atoms with Crippen LogP contribution in [0.3, 0.4) is 0 Å². The molecule has 0 bridgehead atoms. The summed E-state index contributed by atoms with van der Waals surface area (Å²) >= 11 is 6.13. The lowest BCUT2D eigenvalue weighted by atomic mass is 9.77. The van der Waals surface area contributed by atoms with Crippen molar-refractivity contribution in [1.82, 2.24) is 24.5 Å². The van der Waals surface area contributed by atoms with Gasteiger partial charge in [0, 0.05) is 69.4 Å². The van der Waals surface area contributed by atoms with E-state index in [9.17, 15) is 9.59 Å². The zero-order chi connectivity index (χ0) is 23.4. The lowest BCUT2D eigenvalue weighted by Crippen LogP contribution is -2.53. The summed E-state index contributed by atoms with van der Waals surface area (Å²) in [4.78, 5) is 32.6. The molecule has 8 nitrogen and oxygen atoms in total. The normalized spacial score (nSPS) is 21.8. The van der Waals surface area contributed by atoms with E-state index in [1.807, 2.05) is 21.9 Å². The van der Waals surface area contributed by atoms with E-state index in [1.54, 1.807) is 36.1 Å². The number of piperazine rings is 1. The average Bonchev–Trinajstić information content (AvgIpc) is 3.24. The van der Waals surface area contributed by atoms with Gasteiger partial charge in [-0.15, -0.1) is 0 Å². The van der Waals surface area contributed by atoms with Crippen molar-refractivity contribution in [2.75, 3.05) is 52.9 Å². The second kappa shape index (κ2) is 10.1. The van der Waals surface area contributed by atoms with E-state index in [4.69, 9.17) is 16.3 Å². The maximum absolute atomic E-state index is 13.3. The fourth-order valence-electron chi connectivity index (χ4n) is 4.72. The van der Waals surface area contributed by atoms with Gasteiger partial charge < -0.3 is 19.4 Å². The van der Waals surface area contributed by atoms with Gasteiger partial charge in [0.1, 0.15) is 11.4 Å². The third-order valence-electron chi connectivity index (χ3n) is 6.71. The molecule has 1 atom stereocenters. The molecule has 9 heteroatoms. The second-order valence-electron chi connectivity index (χ2n) is 9.28. The molecule has 2 saturated heterocycles. The van der Waals surface area contributed by atoms with Crippen molar-refractivity contribution in [2.24, 2.45) is 12.5 Å². The Kier molecular flexibility index (Phi) is 7.24. The molecule has 2 aliphatic rings. The number of ether oxygens (including phenoxy) is 1. The van der Waals surface area contributed by atoms with Gasteiger partial charge in [0.05, 0.1) is 6.61 Å². The number of hydrogen-bond acceptors (Lipinski definition) is 5. The highest BCUT2D eigenvalue weighted by molar-refractivity contribution is 6.30. The summed E-state index contributed by atoms with van der Waals surface area (Å²) in [5.74, 6) is 0.741. The van der Waals surface area contributed by atoms with Crippen LogP contribution in [0, 0.1) is 5.41 Å². The van der Waals surface area contributed by atoms with Crippen LogP contribution in [0.25, 0.3) is 0 Å². The number of carbonyl (C=O) groups is 2. The van der Waals surface area contributed by atoms with Crippen LogP contribution in [0.4, 0.5) is 0 Å². The molecule has 2 fully saturated rings. The fourth-order valence-corrected chi connectivity index (χ4v) is 4.90. The van der Waals surface area contributed by atoms with Crippen LogP contribution in [-0.4, -0.2) is 89.2 Å². The van der Waals surface area contributed by atoms with Gasteiger partial charge >= 0.3 is 0 Å². The Morgan fingerprint density at radius 1 is 1.09 bits per heavy atom. The Hall–Kier alpha value is -2.58. The topological polar surface area (TPSA) is 70.9 Å². The minimum Gasteiger partial charge on any atom is -0.493 e. The average molecular weight is 474 g/mol. The largest absolute Gasteiger partial charge is 0.493 e. The number of aryl methyl sites for hydroxylation is 1. The predicted molar refractivity (Wildman–Crippen MR) is 126 cm³/mol. The van der Waals surface area contributed by atoms with Crippen LogP contribution in [0.1, 0.15) is 29.8 Å². The summed E-state index contributed by atoms with van der Waals surface area (Å²) in [6.07, 6.45) is 3.62. The van der Waals surface area contributed by atoms with Crippen molar-refractivity contribution < 1.29 is 14.3 Å². The number of benzene rings is 1. The van der Waals surface area contributed by atoms with Crippen LogP contribution in [-0.2, 0) is 11.8 Å². The third-order valence-corrected chi connectivity index (χ3v) is 6.95. The van der Waals surface area contributed by atoms with Crippen LogP contribution in [0.2, 0.25) is 5.02 Å². The Morgan fingerprint density at radius 2 is 1.88 bits per heavy atom. The summed E-state index contributed by atoms with van der Waals surface area (Å²) in [7, 11) is 3.84. The molecule has 0 aliphatic carbocycles. The number of likely N-dealkylation sites (tertiary alicyclic amines) is 1. The van der Waals surface area contributed by atoms with Gasteiger partial charge in [0.25, 0.3) is 5.91 Å². The number of hydrogen-bond donors (Lipinski definition) is 0. The van der Waals surface area contributed by atoms with Crippen molar-refractivity contribution in [3.63, 3.8) is 0 Å². The maximum Gasteiger partial charge on any atom is 0.272 e. The van der Waals surface area contributed by atoms with Crippen molar-refractivity contribution in [3.05, 3.63) is 47.2 Å². The monoisotopic (exact) mass is 473 g/mol. The molecule has 1 aromatic carbocycles. The van der Waals surface area contributed by atoms with Crippen LogP contribution in [0.15, 0.2) is 36.5 Å². The number of amides is 2. The van der Waals surface area contributed by atoms with Gasteiger partial charge in [-0.1, -0.05) is 17.7 Å². The minimum atomic E-state index is -0.463. The molecule has 1 aromatic heterocycles. The van der Waals surface area contributed by atoms with E-state index in [-0.39, 0.29) is 11.8 Å². The molecule has 0 saturated carbocycles. The summed E-state index contributed by atoms with van der Waals surface area (Å²) in [6.45, 7) is 4.70. The smallest absolute Gasteiger partial charge is 0.272 e. The lowest BCUT2D eigenvalue weighted by molar-refractivity contribution is -0.137. The molecule has 2 aromatic rings. The van der Waals surface area contributed by atoms with E-state index < -0.39 is 5.41 Å². The SMILES string of the molecule is CN1CCN(C(=O)CC2(COc3cccc(Cl)c3)CCCN(C(=O)c3ccnn3C)C2)CC1. The number of piperidine rings is 1. The first-order valence-corrected chi connectivity index (χ1v) is 11.8. The minimum absolute atomic E-state index is 0.0612. The quantitative estimate of drug-likeness (QED) is 0.644. The standard InChI is InChI=1S/C24H32ClN5O3/c1-27-11-13-29(14-12-27)22(31)16-24(18-33-20-6-3-5-19(25)15-20)8-4-10-30(17-24)23(32)21-7-9-26-28(21)2/h3,5-7,9,15H,4,8,10-14,16-18H2,1-2H3. The van der Waals surface area contributed by atoms with Gasteiger partial charge in [0.15, 0.2) is 0 Å². The molecule has 2 amide bonds. The molecule has 1 unspecified atom stereocenters. The van der Waals surface area contributed by atoms with E-state index in [1.165, 1.54) is 0 Å². The van der Waals surface area contributed by atoms with Crippen LogP contribution >= 0.6 is 11.6 Å². The Balaban J connectivity index is 1.52. The molecule has 0 spiro atoms. The van der Waals surface area contributed by atoms with Crippen LogP contribution < -0.4 is 4.74 Å². The third kappa shape index (κ3) is 5.68. The molecule has 0 radical (unpaired) electrons. The molecule has 4 rings (SSSR count). The first-order valence-electron chi connectivity index (χ1n) is 11.5. The molecule has 3 heterocycles. The van der Waals surface area contributed by atoms with E-state index in [0.29, 0.717) is 42.6 Å². The zero-order valence-electron chi connectivity index (χ0n) is 19.4. The number of likely N-dealkylation sites (N-methyl/N-ethyl adjacent to an activating group) is 1.